The van der Waals surface area contributed by atoms with Gasteiger partial charge in [0.2, 0.25) is 0 Å². The molecule has 1 aliphatic rings. The van der Waals surface area contributed by atoms with Gasteiger partial charge < -0.3 is 5.32 Å². The Hall–Kier alpha value is 0.310. The molecule has 1 N–H and O–H groups in total. The van der Waals surface area contributed by atoms with Crippen molar-refractivity contribution in [1.82, 2.24) is 5.32 Å². The van der Waals surface area contributed by atoms with Gasteiger partial charge in [0.1, 0.15) is 0 Å². The second kappa shape index (κ2) is 7.56. The summed E-state index contributed by atoms with van der Waals surface area (Å²) in [7, 11) is 0. The number of hydrogen-bond donors (Lipinski definition) is 1. The first-order valence-electron chi connectivity index (χ1n) is 6.53. The van der Waals surface area contributed by atoms with Crippen molar-refractivity contribution in [2.45, 2.75) is 52.5 Å². The van der Waals surface area contributed by atoms with E-state index >= 15 is 0 Å². The van der Waals surface area contributed by atoms with E-state index < -0.39 is 0 Å². The lowest BCUT2D eigenvalue weighted by Crippen LogP contribution is -2.34. The Morgan fingerprint density at radius 2 is 1.93 bits per heavy atom. The Morgan fingerprint density at radius 3 is 2.53 bits per heavy atom. The summed E-state index contributed by atoms with van der Waals surface area (Å²) >= 11 is 2.04. The minimum absolute atomic E-state index is 0.689. The standard InChI is InChI=1S/C13H27NS/c1-4-15-10-12(3)14-9-13-7-5-11(2)6-8-13/h11-14H,4-10H2,1-3H3. The molecule has 0 aromatic rings. The van der Waals surface area contributed by atoms with E-state index in [1.807, 2.05) is 11.8 Å². The summed E-state index contributed by atoms with van der Waals surface area (Å²) in [6.07, 6.45) is 5.79. The van der Waals surface area contributed by atoms with E-state index in [0.717, 1.165) is 11.8 Å². The van der Waals surface area contributed by atoms with Crippen LogP contribution < -0.4 is 5.32 Å². The molecule has 0 bridgehead atoms. The Bertz CT molecular complexity index is 153. The van der Waals surface area contributed by atoms with Gasteiger partial charge in [0, 0.05) is 11.8 Å². The van der Waals surface area contributed by atoms with E-state index in [0.29, 0.717) is 6.04 Å². The molecule has 0 aromatic carbocycles. The average molecular weight is 229 g/mol. The molecule has 1 rings (SSSR count). The molecule has 1 fully saturated rings. The van der Waals surface area contributed by atoms with Crippen molar-refractivity contribution in [1.29, 1.82) is 0 Å². The van der Waals surface area contributed by atoms with Crippen LogP contribution in [-0.4, -0.2) is 24.1 Å². The maximum absolute atomic E-state index is 3.68. The van der Waals surface area contributed by atoms with Crippen LogP contribution in [0.5, 0.6) is 0 Å². The number of rotatable bonds is 6. The zero-order valence-electron chi connectivity index (χ0n) is 10.6. The molecule has 1 saturated carbocycles. The SMILES string of the molecule is CCSCC(C)NCC1CCC(C)CC1. The fourth-order valence-electron chi connectivity index (χ4n) is 2.25. The van der Waals surface area contributed by atoms with Crippen molar-refractivity contribution < 1.29 is 0 Å². The van der Waals surface area contributed by atoms with Crippen LogP contribution in [0.3, 0.4) is 0 Å². The zero-order valence-corrected chi connectivity index (χ0v) is 11.4. The average Bonchev–Trinajstić information content (AvgIpc) is 2.25. The van der Waals surface area contributed by atoms with Crippen molar-refractivity contribution in [3.05, 3.63) is 0 Å². The van der Waals surface area contributed by atoms with Crippen LogP contribution in [0.4, 0.5) is 0 Å². The summed E-state index contributed by atoms with van der Waals surface area (Å²) in [5.74, 6) is 4.44. The van der Waals surface area contributed by atoms with Crippen LogP contribution in [0.1, 0.15) is 46.5 Å². The van der Waals surface area contributed by atoms with Gasteiger partial charge in [-0.25, -0.2) is 0 Å². The summed E-state index contributed by atoms with van der Waals surface area (Å²) in [6.45, 7) is 8.19. The van der Waals surface area contributed by atoms with E-state index in [2.05, 4.69) is 26.1 Å². The molecular formula is C13H27NS. The molecule has 15 heavy (non-hydrogen) atoms. The van der Waals surface area contributed by atoms with Crippen molar-refractivity contribution in [2.24, 2.45) is 11.8 Å². The lowest BCUT2D eigenvalue weighted by Gasteiger charge is -2.27. The molecule has 0 spiro atoms. The Morgan fingerprint density at radius 1 is 1.27 bits per heavy atom. The summed E-state index contributed by atoms with van der Waals surface area (Å²) in [4.78, 5) is 0. The van der Waals surface area contributed by atoms with Gasteiger partial charge in [-0.3, -0.25) is 0 Å². The second-order valence-corrected chi connectivity index (χ2v) is 6.41. The molecule has 2 heteroatoms. The van der Waals surface area contributed by atoms with E-state index in [4.69, 9.17) is 0 Å². The largest absolute Gasteiger partial charge is 0.313 e. The van der Waals surface area contributed by atoms with Gasteiger partial charge in [-0.1, -0.05) is 26.7 Å². The molecule has 1 atom stereocenters. The molecule has 1 unspecified atom stereocenters. The third kappa shape index (κ3) is 5.82. The van der Waals surface area contributed by atoms with Gasteiger partial charge in [-0.05, 0) is 43.9 Å². The molecular weight excluding hydrogens is 202 g/mol. The first kappa shape index (κ1) is 13.4. The van der Waals surface area contributed by atoms with Gasteiger partial charge in [0.25, 0.3) is 0 Å². The normalized spacial score (nSPS) is 29.0. The van der Waals surface area contributed by atoms with Crippen LogP contribution >= 0.6 is 11.8 Å². The molecule has 0 amide bonds. The Kier molecular flexibility index (Phi) is 6.74. The van der Waals surface area contributed by atoms with Crippen LogP contribution in [0.25, 0.3) is 0 Å². The molecule has 0 aliphatic heterocycles. The van der Waals surface area contributed by atoms with Gasteiger partial charge in [0.15, 0.2) is 0 Å². The van der Waals surface area contributed by atoms with Crippen LogP contribution in [0.2, 0.25) is 0 Å². The fraction of sp³-hybridized carbons (Fsp3) is 1.00. The summed E-state index contributed by atoms with van der Waals surface area (Å²) in [6, 6.07) is 0.689. The lowest BCUT2D eigenvalue weighted by molar-refractivity contribution is 0.277. The predicted octanol–water partition coefficient (Wildman–Crippen LogP) is 3.54. The lowest BCUT2D eigenvalue weighted by atomic mass is 9.83. The Labute approximate surface area is 99.8 Å². The Balaban J connectivity index is 2.04. The zero-order chi connectivity index (χ0) is 11.1. The maximum Gasteiger partial charge on any atom is 0.0130 e. The molecule has 0 heterocycles. The van der Waals surface area contributed by atoms with Crippen LogP contribution in [-0.2, 0) is 0 Å². The van der Waals surface area contributed by atoms with E-state index in [9.17, 15) is 0 Å². The quantitative estimate of drug-likeness (QED) is 0.747. The summed E-state index contributed by atoms with van der Waals surface area (Å²) < 4.78 is 0. The van der Waals surface area contributed by atoms with Gasteiger partial charge in [0.05, 0.1) is 0 Å². The van der Waals surface area contributed by atoms with Crippen LogP contribution in [0, 0.1) is 11.8 Å². The van der Waals surface area contributed by atoms with Crippen molar-refractivity contribution in [3.8, 4) is 0 Å². The highest BCUT2D eigenvalue weighted by Gasteiger charge is 2.18. The topological polar surface area (TPSA) is 12.0 Å². The monoisotopic (exact) mass is 229 g/mol. The highest BCUT2D eigenvalue weighted by Crippen LogP contribution is 2.27. The number of thioether (sulfide) groups is 1. The van der Waals surface area contributed by atoms with Gasteiger partial charge in [-0.15, -0.1) is 0 Å². The minimum Gasteiger partial charge on any atom is -0.313 e. The molecule has 1 aliphatic carbocycles. The summed E-state index contributed by atoms with van der Waals surface area (Å²) in [5, 5.41) is 3.68. The predicted molar refractivity (Wildman–Crippen MR) is 71.6 cm³/mol. The highest BCUT2D eigenvalue weighted by molar-refractivity contribution is 7.99. The van der Waals surface area contributed by atoms with Crippen molar-refractivity contribution in [3.63, 3.8) is 0 Å². The van der Waals surface area contributed by atoms with E-state index in [-0.39, 0.29) is 0 Å². The van der Waals surface area contributed by atoms with Gasteiger partial charge >= 0.3 is 0 Å². The molecule has 1 nitrogen and oxygen atoms in total. The maximum atomic E-state index is 3.68. The minimum atomic E-state index is 0.689. The molecule has 0 aromatic heterocycles. The molecule has 0 saturated heterocycles. The molecule has 90 valence electrons. The van der Waals surface area contributed by atoms with E-state index in [1.54, 1.807) is 0 Å². The van der Waals surface area contributed by atoms with E-state index in [1.165, 1.54) is 43.7 Å². The van der Waals surface area contributed by atoms with Gasteiger partial charge in [-0.2, -0.15) is 11.8 Å². The smallest absolute Gasteiger partial charge is 0.0130 e. The first-order chi connectivity index (χ1) is 7.22. The highest BCUT2D eigenvalue weighted by atomic mass is 32.2. The molecule has 0 radical (unpaired) electrons. The summed E-state index contributed by atoms with van der Waals surface area (Å²) in [5.41, 5.74) is 0. The van der Waals surface area contributed by atoms with Crippen LogP contribution in [0.15, 0.2) is 0 Å². The first-order valence-corrected chi connectivity index (χ1v) is 7.69. The number of hydrogen-bond acceptors (Lipinski definition) is 2. The van der Waals surface area contributed by atoms with Crippen molar-refractivity contribution >= 4 is 11.8 Å². The number of nitrogens with one attached hydrogen (secondary N) is 1. The third-order valence-corrected chi connectivity index (χ3v) is 4.61. The van der Waals surface area contributed by atoms with Crippen molar-refractivity contribution in [2.75, 3.05) is 18.1 Å². The third-order valence-electron chi connectivity index (χ3n) is 3.46. The fourth-order valence-corrected chi connectivity index (χ4v) is 2.96. The second-order valence-electron chi connectivity index (χ2n) is 5.09.